The van der Waals surface area contributed by atoms with Gasteiger partial charge in [0.05, 0.1) is 25.3 Å². The molecule has 0 amide bonds. The molecule has 3 aromatic rings. The quantitative estimate of drug-likeness (QED) is 0.165. The topological polar surface area (TPSA) is 56.7 Å². The zero-order chi connectivity index (χ0) is 30.2. The highest BCUT2D eigenvalue weighted by Crippen LogP contribution is 2.48. The molecule has 2 aromatic carbocycles. The highest BCUT2D eigenvalue weighted by atomic mass is 16.5. The van der Waals surface area contributed by atoms with Gasteiger partial charge in [-0.25, -0.2) is 9.97 Å². The molecular weight excluding hydrogens is 534 g/mol. The minimum atomic E-state index is 0.522. The molecule has 2 aliphatic carbocycles. The minimum absolute atomic E-state index is 0.522. The Morgan fingerprint density at radius 1 is 0.744 bits per heavy atom. The lowest BCUT2D eigenvalue weighted by Gasteiger charge is -2.40. The van der Waals surface area contributed by atoms with E-state index in [2.05, 4.69) is 49.3 Å². The van der Waals surface area contributed by atoms with Crippen LogP contribution >= 0.6 is 0 Å². The first kappa shape index (κ1) is 31.4. The number of ether oxygens (including phenoxy) is 3. The van der Waals surface area contributed by atoms with E-state index in [4.69, 9.17) is 24.2 Å². The van der Waals surface area contributed by atoms with Gasteiger partial charge in [0, 0.05) is 31.5 Å². The second-order valence-electron chi connectivity index (χ2n) is 12.8. The van der Waals surface area contributed by atoms with Gasteiger partial charge in [0.25, 0.3) is 0 Å². The zero-order valence-electron chi connectivity index (χ0n) is 27.2. The number of nitrogens with zero attached hydrogens (tertiary/aromatic N) is 3. The third-order valence-corrected chi connectivity index (χ3v) is 9.71. The van der Waals surface area contributed by atoms with Crippen molar-refractivity contribution in [2.45, 2.75) is 97.3 Å². The third kappa shape index (κ3) is 7.74. The number of hydrogen-bond donors (Lipinski definition) is 0. The van der Waals surface area contributed by atoms with Crippen LogP contribution in [0.15, 0.2) is 36.4 Å². The molecule has 5 rings (SSSR count). The van der Waals surface area contributed by atoms with Crippen LogP contribution in [0.1, 0.15) is 102 Å². The molecule has 2 atom stereocenters. The number of benzene rings is 2. The predicted octanol–water partition coefficient (Wildman–Crippen LogP) is 9.00. The summed E-state index contributed by atoms with van der Waals surface area (Å²) in [4.78, 5) is 12.3. The van der Waals surface area contributed by atoms with Crippen molar-refractivity contribution in [3.8, 4) is 17.2 Å². The van der Waals surface area contributed by atoms with E-state index in [1.165, 1.54) is 69.8 Å². The number of anilines is 1. The number of aromatic nitrogens is 2. The zero-order valence-corrected chi connectivity index (χ0v) is 27.2. The fourth-order valence-corrected chi connectivity index (χ4v) is 7.31. The normalized spacial score (nSPS) is 21.8. The van der Waals surface area contributed by atoms with Crippen molar-refractivity contribution < 1.29 is 14.2 Å². The van der Waals surface area contributed by atoms with Crippen LogP contribution in [-0.2, 0) is 6.42 Å². The Morgan fingerprint density at radius 2 is 1.42 bits per heavy atom. The van der Waals surface area contributed by atoms with Crippen LogP contribution in [0.4, 0.5) is 5.82 Å². The lowest BCUT2D eigenvalue weighted by Crippen LogP contribution is -2.29. The van der Waals surface area contributed by atoms with Gasteiger partial charge in [-0.1, -0.05) is 50.7 Å². The summed E-state index contributed by atoms with van der Waals surface area (Å²) in [7, 11) is 4.18. The molecule has 2 fully saturated rings. The summed E-state index contributed by atoms with van der Waals surface area (Å²) in [6.45, 7) is 7.97. The maximum atomic E-state index is 5.99. The van der Waals surface area contributed by atoms with Gasteiger partial charge in [-0.2, -0.15) is 0 Å². The van der Waals surface area contributed by atoms with E-state index in [1.54, 1.807) is 0 Å². The largest absolute Gasteiger partial charge is 0.493 e. The number of rotatable bonds is 15. The van der Waals surface area contributed by atoms with E-state index in [1.807, 2.05) is 26.8 Å². The van der Waals surface area contributed by atoms with Gasteiger partial charge in [-0.15, -0.1) is 0 Å². The van der Waals surface area contributed by atoms with Crippen molar-refractivity contribution in [3.63, 3.8) is 0 Å². The molecule has 234 valence electrons. The van der Waals surface area contributed by atoms with Crippen molar-refractivity contribution in [2.24, 2.45) is 17.8 Å². The lowest BCUT2D eigenvalue weighted by atomic mass is 9.66. The van der Waals surface area contributed by atoms with Gasteiger partial charge in [0.15, 0.2) is 11.5 Å². The molecule has 0 saturated heterocycles. The van der Waals surface area contributed by atoms with E-state index in [0.717, 1.165) is 64.0 Å². The van der Waals surface area contributed by atoms with E-state index in [0.29, 0.717) is 25.7 Å². The Bertz CT molecular complexity index is 1320. The smallest absolute Gasteiger partial charge is 0.164 e. The number of fused-ring (bicyclic) bond motifs is 1. The summed E-state index contributed by atoms with van der Waals surface area (Å²) in [6.07, 6.45) is 14.3. The van der Waals surface area contributed by atoms with E-state index in [-0.39, 0.29) is 0 Å². The van der Waals surface area contributed by atoms with Gasteiger partial charge in [0.1, 0.15) is 17.4 Å². The molecule has 1 unspecified atom stereocenters. The molecule has 2 aliphatic rings. The highest BCUT2D eigenvalue weighted by Gasteiger charge is 2.37. The maximum Gasteiger partial charge on any atom is 0.164 e. The van der Waals surface area contributed by atoms with Gasteiger partial charge in [-0.05, 0) is 94.4 Å². The number of para-hydroxylation sites is 1. The third-order valence-electron chi connectivity index (χ3n) is 9.71. The molecule has 1 heterocycles. The lowest BCUT2D eigenvalue weighted by molar-refractivity contribution is 0.158. The molecule has 6 heteroatoms. The Morgan fingerprint density at radius 3 is 2.09 bits per heavy atom. The second-order valence-corrected chi connectivity index (χ2v) is 12.8. The molecule has 0 aliphatic heterocycles. The minimum Gasteiger partial charge on any atom is -0.493 e. The molecule has 0 spiro atoms. The van der Waals surface area contributed by atoms with Crippen molar-refractivity contribution in [3.05, 3.63) is 47.8 Å². The van der Waals surface area contributed by atoms with Crippen LogP contribution in [0.3, 0.4) is 0 Å². The fraction of sp³-hybridized carbons (Fsp3) is 0.622. The summed E-state index contributed by atoms with van der Waals surface area (Å²) < 4.78 is 17.7. The Kier molecular flexibility index (Phi) is 11.0. The molecule has 6 nitrogen and oxygen atoms in total. The molecule has 2 saturated carbocycles. The average molecular weight is 588 g/mol. The first-order valence-corrected chi connectivity index (χ1v) is 17.0. The van der Waals surface area contributed by atoms with Crippen LogP contribution in [0.25, 0.3) is 10.9 Å². The van der Waals surface area contributed by atoms with E-state index < -0.39 is 0 Å². The summed E-state index contributed by atoms with van der Waals surface area (Å²) in [5.41, 5.74) is 2.31. The van der Waals surface area contributed by atoms with Crippen molar-refractivity contribution in [1.29, 1.82) is 0 Å². The van der Waals surface area contributed by atoms with Gasteiger partial charge in [0.2, 0.25) is 0 Å². The summed E-state index contributed by atoms with van der Waals surface area (Å²) >= 11 is 0. The first-order valence-electron chi connectivity index (χ1n) is 17.0. The first-order chi connectivity index (χ1) is 21.0. The van der Waals surface area contributed by atoms with Crippen LogP contribution in [0.5, 0.6) is 17.2 Å². The van der Waals surface area contributed by atoms with E-state index in [9.17, 15) is 0 Å². The van der Waals surface area contributed by atoms with Gasteiger partial charge >= 0.3 is 0 Å². The molecular formula is C37H53N3O3. The van der Waals surface area contributed by atoms with Gasteiger partial charge in [-0.3, -0.25) is 0 Å². The predicted molar refractivity (Wildman–Crippen MR) is 177 cm³/mol. The Hall–Kier alpha value is -3.02. The van der Waals surface area contributed by atoms with E-state index >= 15 is 0 Å². The van der Waals surface area contributed by atoms with Crippen LogP contribution in [0.2, 0.25) is 0 Å². The summed E-state index contributed by atoms with van der Waals surface area (Å²) in [6, 6.07) is 12.6. The Balaban J connectivity index is 1.08. The molecule has 0 bridgehead atoms. The van der Waals surface area contributed by atoms with Crippen LogP contribution in [0, 0.1) is 17.8 Å². The van der Waals surface area contributed by atoms with Crippen molar-refractivity contribution >= 4 is 16.7 Å². The number of hydrogen-bond acceptors (Lipinski definition) is 6. The number of aryl methyl sites for hydroxylation is 1. The average Bonchev–Trinajstić information content (AvgIpc) is 2.99. The Labute approximate surface area is 259 Å². The standard InChI is InChI=1S/C37H53N3O3/c1-6-41-33-25-35(43-8-3)34(42-7-2)24-29(33)14-10-9-13-26-17-19-27(20-18-26)23-28-21-22-30(28)36-38-32-16-12-11-15-31(32)37(39-36)40(4)5/h11-12,15-16,24-28,30H,6-10,13-14,17-23H2,1-5H3/t26?,27?,28-,30?/m1/s1. The van der Waals surface area contributed by atoms with Crippen LogP contribution in [-0.4, -0.2) is 43.9 Å². The molecule has 0 N–H and O–H groups in total. The SMILES string of the molecule is CCOc1cc(OCC)c(OCC)cc1CCCCC1CCC(C[C@H]2CCC2c2nc(N(C)C)c3ccccc3n2)CC1. The highest BCUT2D eigenvalue weighted by molar-refractivity contribution is 5.89. The monoisotopic (exact) mass is 587 g/mol. The summed E-state index contributed by atoms with van der Waals surface area (Å²) in [5, 5.41) is 1.15. The van der Waals surface area contributed by atoms with Crippen molar-refractivity contribution in [2.75, 3.05) is 38.8 Å². The van der Waals surface area contributed by atoms with Gasteiger partial charge < -0.3 is 19.1 Å². The van der Waals surface area contributed by atoms with Crippen molar-refractivity contribution in [1.82, 2.24) is 9.97 Å². The van der Waals surface area contributed by atoms with Crippen LogP contribution < -0.4 is 19.1 Å². The molecule has 1 aromatic heterocycles. The fourth-order valence-electron chi connectivity index (χ4n) is 7.31. The number of unbranched alkanes of at least 4 members (excludes halogenated alkanes) is 1. The maximum absolute atomic E-state index is 5.99. The summed E-state index contributed by atoms with van der Waals surface area (Å²) in [5.74, 6) is 7.69. The molecule has 0 radical (unpaired) electrons. The second kappa shape index (κ2) is 15.1. The molecule has 43 heavy (non-hydrogen) atoms.